The number of halogens is 1. The van der Waals surface area contributed by atoms with Gasteiger partial charge < -0.3 is 9.30 Å². The van der Waals surface area contributed by atoms with E-state index < -0.39 is 5.56 Å². The number of imidazole rings is 1. The number of methoxy groups -OCH3 is 1. The molecule has 3 rings (SSSR count). The lowest BCUT2D eigenvalue weighted by atomic mass is 10.2. The van der Waals surface area contributed by atoms with E-state index in [9.17, 15) is 4.79 Å². The molecule has 0 atom stereocenters. The summed E-state index contributed by atoms with van der Waals surface area (Å²) in [5, 5.41) is -0.0185. The first-order valence-electron chi connectivity index (χ1n) is 6.71. The highest BCUT2D eigenvalue weighted by Crippen LogP contribution is 2.15. The maximum atomic E-state index is 12.3. The molecule has 23 heavy (non-hydrogen) atoms. The molecule has 0 aliphatic heterocycles. The van der Waals surface area contributed by atoms with E-state index >= 15 is 0 Å². The fourth-order valence-electron chi connectivity index (χ4n) is 2.24. The fraction of sp³-hybridized carbons (Fsp3) is 0.200. The molecule has 116 valence electrons. The van der Waals surface area contributed by atoms with Crippen molar-refractivity contribution in [3.63, 3.8) is 0 Å². The Morgan fingerprint density at radius 2 is 2.09 bits per heavy atom. The molecule has 0 amide bonds. The third-order valence-corrected chi connectivity index (χ3v) is 3.69. The fourth-order valence-corrected chi connectivity index (χ4v) is 2.45. The van der Waals surface area contributed by atoms with E-state index in [1.54, 1.807) is 18.0 Å². The van der Waals surface area contributed by atoms with Crippen LogP contribution in [0.5, 0.6) is 5.75 Å². The number of rotatable bonds is 4. The Morgan fingerprint density at radius 3 is 2.74 bits per heavy atom. The van der Waals surface area contributed by atoms with Gasteiger partial charge in [0.1, 0.15) is 5.75 Å². The second kappa shape index (κ2) is 6.10. The molecule has 0 unspecified atom stereocenters. The van der Waals surface area contributed by atoms with E-state index in [0.29, 0.717) is 12.2 Å². The first-order valence-corrected chi connectivity index (χ1v) is 7.09. The van der Waals surface area contributed by atoms with E-state index in [4.69, 9.17) is 22.9 Å². The predicted molar refractivity (Wildman–Crippen MR) is 85.5 cm³/mol. The number of benzene rings is 1. The molecule has 0 radical (unpaired) electrons. The molecular weight excluding hydrogens is 318 g/mol. The van der Waals surface area contributed by atoms with Crippen LogP contribution in [0, 0.1) is 6.57 Å². The SMILES string of the molecule is [C-]#[N+]Cn1c(Cl)nc2c(ncn2Cc2ccc(OC)cc2)c1=O. The van der Waals surface area contributed by atoms with Crippen LogP contribution >= 0.6 is 11.6 Å². The van der Waals surface area contributed by atoms with Crippen molar-refractivity contribution in [3.05, 3.63) is 63.2 Å². The van der Waals surface area contributed by atoms with E-state index in [1.165, 1.54) is 0 Å². The maximum Gasteiger partial charge on any atom is 0.297 e. The van der Waals surface area contributed by atoms with Gasteiger partial charge in [0.05, 0.1) is 20.0 Å². The smallest absolute Gasteiger partial charge is 0.297 e. The number of fused-ring (bicyclic) bond motifs is 1. The average molecular weight is 330 g/mol. The van der Waals surface area contributed by atoms with Crippen LogP contribution in [0.1, 0.15) is 5.56 Å². The minimum absolute atomic E-state index is 0.0185. The van der Waals surface area contributed by atoms with Crippen molar-refractivity contribution >= 4 is 22.8 Å². The van der Waals surface area contributed by atoms with Crippen molar-refractivity contribution in [2.24, 2.45) is 0 Å². The third-order valence-electron chi connectivity index (χ3n) is 3.40. The molecule has 7 nitrogen and oxygen atoms in total. The summed E-state index contributed by atoms with van der Waals surface area (Å²) in [6, 6.07) is 7.56. The van der Waals surface area contributed by atoms with Crippen molar-refractivity contribution < 1.29 is 4.74 Å². The normalized spacial score (nSPS) is 10.7. The third kappa shape index (κ3) is 2.76. The Bertz CT molecular complexity index is 953. The second-order valence-electron chi connectivity index (χ2n) is 4.81. The Morgan fingerprint density at radius 1 is 1.35 bits per heavy atom. The number of aromatic nitrogens is 4. The van der Waals surface area contributed by atoms with Crippen LogP contribution in [0.2, 0.25) is 5.28 Å². The van der Waals surface area contributed by atoms with Gasteiger partial charge in [-0.2, -0.15) is 4.98 Å². The van der Waals surface area contributed by atoms with Crippen molar-refractivity contribution in [2.45, 2.75) is 13.2 Å². The number of ether oxygens (including phenoxy) is 1. The Hall–Kier alpha value is -2.85. The highest BCUT2D eigenvalue weighted by atomic mass is 35.5. The quantitative estimate of drug-likeness (QED) is 0.543. The Labute approximate surface area is 136 Å². The lowest BCUT2D eigenvalue weighted by Gasteiger charge is -2.06. The predicted octanol–water partition coefficient (Wildman–Crippen LogP) is 2.18. The van der Waals surface area contributed by atoms with Gasteiger partial charge in [-0.15, -0.1) is 0 Å². The van der Waals surface area contributed by atoms with Crippen LogP contribution in [-0.2, 0) is 13.2 Å². The summed E-state index contributed by atoms with van der Waals surface area (Å²) in [7, 11) is 1.61. The maximum absolute atomic E-state index is 12.3. The van der Waals surface area contributed by atoms with Crippen molar-refractivity contribution in [1.82, 2.24) is 19.1 Å². The van der Waals surface area contributed by atoms with Crippen LogP contribution in [0.15, 0.2) is 35.4 Å². The summed E-state index contributed by atoms with van der Waals surface area (Å²) < 4.78 is 7.97. The minimum Gasteiger partial charge on any atom is -0.497 e. The van der Waals surface area contributed by atoms with E-state index in [-0.39, 0.29) is 17.5 Å². The van der Waals surface area contributed by atoms with Gasteiger partial charge in [-0.05, 0) is 29.3 Å². The lowest BCUT2D eigenvalue weighted by Crippen LogP contribution is -2.21. The Kier molecular flexibility index (Phi) is 4.00. The summed E-state index contributed by atoms with van der Waals surface area (Å²) in [5.74, 6) is 0.771. The highest BCUT2D eigenvalue weighted by Gasteiger charge is 2.15. The van der Waals surface area contributed by atoms with Crippen LogP contribution < -0.4 is 10.3 Å². The molecular formula is C15H12ClN5O2. The number of nitrogens with zero attached hydrogens (tertiary/aromatic N) is 5. The molecule has 0 saturated carbocycles. The molecule has 3 aromatic rings. The molecule has 0 bridgehead atoms. The molecule has 2 aromatic heterocycles. The summed E-state index contributed by atoms with van der Waals surface area (Å²) in [6.45, 7) is 7.19. The van der Waals surface area contributed by atoms with E-state index in [2.05, 4.69) is 14.8 Å². The molecule has 0 saturated heterocycles. The van der Waals surface area contributed by atoms with Gasteiger partial charge in [0, 0.05) is 0 Å². The summed E-state index contributed by atoms with van der Waals surface area (Å²) >= 11 is 6.01. The van der Waals surface area contributed by atoms with Gasteiger partial charge in [0.15, 0.2) is 11.2 Å². The summed E-state index contributed by atoms with van der Waals surface area (Å²) in [6.07, 6.45) is 1.54. The van der Waals surface area contributed by atoms with Gasteiger partial charge in [0.25, 0.3) is 12.2 Å². The van der Waals surface area contributed by atoms with Crippen LogP contribution in [0.4, 0.5) is 0 Å². The Balaban J connectivity index is 2.02. The summed E-state index contributed by atoms with van der Waals surface area (Å²) in [5.41, 5.74) is 1.20. The number of hydrogen-bond acceptors (Lipinski definition) is 4. The van der Waals surface area contributed by atoms with Gasteiger partial charge in [-0.1, -0.05) is 12.1 Å². The molecule has 2 heterocycles. The van der Waals surface area contributed by atoms with Gasteiger partial charge >= 0.3 is 0 Å². The zero-order valence-electron chi connectivity index (χ0n) is 12.2. The van der Waals surface area contributed by atoms with Crippen LogP contribution in [-0.4, -0.2) is 26.2 Å². The first kappa shape index (κ1) is 15.1. The van der Waals surface area contributed by atoms with E-state index in [0.717, 1.165) is 15.9 Å². The zero-order valence-corrected chi connectivity index (χ0v) is 13.0. The van der Waals surface area contributed by atoms with Gasteiger partial charge in [0.2, 0.25) is 5.28 Å². The zero-order chi connectivity index (χ0) is 16.4. The topological polar surface area (TPSA) is 66.3 Å². The molecule has 0 N–H and O–H groups in total. The van der Waals surface area contributed by atoms with E-state index in [1.807, 2.05) is 24.3 Å². The van der Waals surface area contributed by atoms with Crippen molar-refractivity contribution in [1.29, 1.82) is 0 Å². The standard InChI is InChI=1S/C15H12ClN5O2/c1-17-8-21-14(22)12-13(19-15(21)16)20(9-18-12)7-10-3-5-11(23-2)6-4-10/h3-6,9H,7-8H2,2H3. The monoisotopic (exact) mass is 329 g/mol. The lowest BCUT2D eigenvalue weighted by molar-refractivity contribution is 0.414. The van der Waals surface area contributed by atoms with Crippen molar-refractivity contribution in [2.75, 3.05) is 7.11 Å². The molecule has 1 aromatic carbocycles. The molecule has 0 spiro atoms. The molecule has 0 aliphatic carbocycles. The minimum atomic E-state index is -0.413. The second-order valence-corrected chi connectivity index (χ2v) is 5.14. The van der Waals surface area contributed by atoms with Crippen LogP contribution in [0.3, 0.4) is 0 Å². The van der Waals surface area contributed by atoms with Crippen molar-refractivity contribution in [3.8, 4) is 5.75 Å². The molecule has 0 aliphatic rings. The largest absolute Gasteiger partial charge is 0.497 e. The average Bonchev–Trinajstić information content (AvgIpc) is 2.95. The molecule has 8 heteroatoms. The van der Waals surface area contributed by atoms with Crippen LogP contribution in [0.25, 0.3) is 16.0 Å². The van der Waals surface area contributed by atoms with Gasteiger partial charge in [-0.3, -0.25) is 9.64 Å². The highest BCUT2D eigenvalue weighted by molar-refractivity contribution is 6.28. The number of hydrogen-bond donors (Lipinski definition) is 0. The summed E-state index contributed by atoms with van der Waals surface area (Å²) in [4.78, 5) is 23.8. The van der Waals surface area contributed by atoms with Gasteiger partial charge in [-0.25, -0.2) is 16.1 Å². The molecule has 0 fully saturated rings. The first-order chi connectivity index (χ1) is 11.1.